The van der Waals surface area contributed by atoms with Crippen molar-refractivity contribution in [2.45, 2.75) is 5.41 Å². The van der Waals surface area contributed by atoms with Gasteiger partial charge in [-0.15, -0.1) is 0 Å². The highest BCUT2D eigenvalue weighted by Gasteiger charge is 2.52. The van der Waals surface area contributed by atoms with Crippen LogP contribution in [0.2, 0.25) is 0 Å². The number of benzene rings is 2. The van der Waals surface area contributed by atoms with Crippen LogP contribution in [-0.4, -0.2) is 9.97 Å². The molecule has 0 aliphatic heterocycles. The molecule has 29 heavy (non-hydrogen) atoms. The van der Waals surface area contributed by atoms with Gasteiger partial charge in [-0.2, -0.15) is 10.5 Å². The van der Waals surface area contributed by atoms with E-state index in [9.17, 15) is 10.5 Å². The Hall–Kier alpha value is -4.28. The molecule has 1 spiro atoms. The second-order valence-electron chi connectivity index (χ2n) is 7.25. The molecule has 0 fully saturated rings. The Morgan fingerprint density at radius 2 is 1.00 bits per heavy atom. The van der Waals surface area contributed by atoms with Crippen molar-refractivity contribution in [3.05, 3.63) is 106 Å². The van der Waals surface area contributed by atoms with Gasteiger partial charge < -0.3 is 0 Å². The third-order valence-electron chi connectivity index (χ3n) is 6.00. The molecule has 2 aromatic carbocycles. The van der Waals surface area contributed by atoms with Crippen LogP contribution in [0.1, 0.15) is 33.6 Å². The smallest absolute Gasteiger partial charge is 0.141 e. The molecule has 0 amide bonds. The number of nitrogens with zero attached hydrogens (tertiary/aromatic N) is 4. The lowest BCUT2D eigenvalue weighted by Crippen LogP contribution is -2.26. The first kappa shape index (κ1) is 15.7. The van der Waals surface area contributed by atoms with Gasteiger partial charge in [0.2, 0.25) is 0 Å². The van der Waals surface area contributed by atoms with Crippen molar-refractivity contribution >= 4 is 0 Å². The van der Waals surface area contributed by atoms with Gasteiger partial charge in [0.1, 0.15) is 23.5 Å². The largest absolute Gasteiger partial charge is 0.235 e. The summed E-state index contributed by atoms with van der Waals surface area (Å²) in [4.78, 5) is 9.24. The SMILES string of the molecule is N#Cc1ccc2c(n1)-c1nc(C#N)ccc1C21c2ccccc2-c2ccccc21. The van der Waals surface area contributed by atoms with Crippen LogP contribution in [0, 0.1) is 22.7 Å². The second kappa shape index (κ2) is 5.38. The van der Waals surface area contributed by atoms with Gasteiger partial charge in [-0.1, -0.05) is 60.7 Å². The molecule has 132 valence electrons. The summed E-state index contributed by atoms with van der Waals surface area (Å²) in [5.41, 5.74) is 8.26. The topological polar surface area (TPSA) is 73.4 Å². The van der Waals surface area contributed by atoms with Crippen LogP contribution in [0.3, 0.4) is 0 Å². The minimum absolute atomic E-state index is 0.343. The van der Waals surface area contributed by atoms with E-state index in [1.54, 1.807) is 12.1 Å². The van der Waals surface area contributed by atoms with E-state index >= 15 is 0 Å². The summed E-state index contributed by atoms with van der Waals surface area (Å²) in [7, 11) is 0. The molecule has 0 bridgehead atoms. The van der Waals surface area contributed by atoms with Crippen molar-refractivity contribution in [1.82, 2.24) is 9.97 Å². The van der Waals surface area contributed by atoms with Crippen LogP contribution in [0.15, 0.2) is 72.8 Å². The molecule has 0 saturated carbocycles. The summed E-state index contributed by atoms with van der Waals surface area (Å²) in [5, 5.41) is 18.8. The van der Waals surface area contributed by atoms with E-state index < -0.39 is 5.41 Å². The van der Waals surface area contributed by atoms with E-state index in [4.69, 9.17) is 0 Å². The van der Waals surface area contributed by atoms with Crippen molar-refractivity contribution in [2.75, 3.05) is 0 Å². The van der Waals surface area contributed by atoms with Crippen molar-refractivity contribution in [3.8, 4) is 34.7 Å². The van der Waals surface area contributed by atoms with Gasteiger partial charge in [-0.3, -0.25) is 0 Å². The lowest BCUT2D eigenvalue weighted by Gasteiger charge is -2.29. The Bertz CT molecular complexity index is 1330. The molecule has 4 aromatic rings. The summed E-state index contributed by atoms with van der Waals surface area (Å²) in [6, 6.07) is 28.6. The molecule has 2 aromatic heterocycles. The average molecular weight is 368 g/mol. The lowest BCUT2D eigenvalue weighted by molar-refractivity contribution is 0.789. The molecular formula is C25H12N4. The molecule has 0 unspecified atom stereocenters. The molecule has 0 radical (unpaired) electrons. The number of fused-ring (bicyclic) bond motifs is 10. The van der Waals surface area contributed by atoms with E-state index in [-0.39, 0.29) is 0 Å². The Morgan fingerprint density at radius 1 is 0.552 bits per heavy atom. The molecule has 2 aliphatic rings. The summed E-state index contributed by atoms with van der Waals surface area (Å²) in [5.74, 6) is 0. The zero-order valence-corrected chi connectivity index (χ0v) is 15.2. The highest BCUT2D eigenvalue weighted by Crippen LogP contribution is 2.61. The van der Waals surface area contributed by atoms with Gasteiger partial charge >= 0.3 is 0 Å². The molecule has 0 atom stereocenters. The number of aromatic nitrogens is 2. The minimum Gasteiger partial charge on any atom is -0.235 e. The van der Waals surface area contributed by atoms with Crippen LogP contribution in [0.5, 0.6) is 0 Å². The van der Waals surface area contributed by atoms with E-state index in [1.807, 2.05) is 12.1 Å². The number of pyridine rings is 2. The molecule has 6 rings (SSSR count). The monoisotopic (exact) mass is 368 g/mol. The van der Waals surface area contributed by atoms with Gasteiger partial charge in [-0.05, 0) is 45.5 Å². The van der Waals surface area contributed by atoms with E-state index in [0.29, 0.717) is 22.8 Å². The van der Waals surface area contributed by atoms with E-state index in [1.165, 1.54) is 22.3 Å². The first-order valence-electron chi connectivity index (χ1n) is 9.32. The summed E-state index contributed by atoms with van der Waals surface area (Å²) in [6.07, 6.45) is 0. The Balaban J connectivity index is 1.84. The van der Waals surface area contributed by atoms with E-state index in [0.717, 1.165) is 11.1 Å². The first-order chi connectivity index (χ1) is 14.3. The third-order valence-corrected chi connectivity index (χ3v) is 6.00. The van der Waals surface area contributed by atoms with Crippen LogP contribution in [-0.2, 0) is 5.41 Å². The first-order valence-corrected chi connectivity index (χ1v) is 9.32. The average Bonchev–Trinajstić information content (AvgIpc) is 3.25. The third kappa shape index (κ3) is 1.76. The van der Waals surface area contributed by atoms with Crippen molar-refractivity contribution in [2.24, 2.45) is 0 Å². The zero-order chi connectivity index (χ0) is 19.6. The fourth-order valence-electron chi connectivity index (χ4n) is 4.97. The number of hydrogen-bond donors (Lipinski definition) is 0. The molecule has 0 N–H and O–H groups in total. The Kier molecular flexibility index (Phi) is 2.92. The fourth-order valence-corrected chi connectivity index (χ4v) is 4.97. The number of rotatable bonds is 0. The molecule has 0 saturated heterocycles. The normalized spacial score (nSPS) is 13.7. The molecular weight excluding hydrogens is 356 g/mol. The zero-order valence-electron chi connectivity index (χ0n) is 15.2. The van der Waals surface area contributed by atoms with Crippen molar-refractivity contribution in [3.63, 3.8) is 0 Å². The standard InChI is InChI=1S/C25H12N4/c26-13-15-9-11-21-23(28-15)24-22(12-10-16(14-27)29-24)25(21)19-7-3-1-5-17(19)18-6-2-4-8-20(18)25/h1-12H. The predicted molar refractivity (Wildman–Crippen MR) is 108 cm³/mol. The summed E-state index contributed by atoms with van der Waals surface area (Å²) in [6.45, 7) is 0. The van der Waals surface area contributed by atoms with Crippen LogP contribution < -0.4 is 0 Å². The van der Waals surface area contributed by atoms with Gasteiger partial charge in [0.25, 0.3) is 0 Å². The Morgan fingerprint density at radius 3 is 1.45 bits per heavy atom. The molecule has 2 aliphatic carbocycles. The summed E-state index contributed by atoms with van der Waals surface area (Å²) < 4.78 is 0. The van der Waals surface area contributed by atoms with Gasteiger partial charge in [0, 0.05) is 0 Å². The van der Waals surface area contributed by atoms with Gasteiger partial charge in [0.15, 0.2) is 0 Å². The number of hydrogen-bond acceptors (Lipinski definition) is 4. The van der Waals surface area contributed by atoms with Crippen LogP contribution >= 0.6 is 0 Å². The van der Waals surface area contributed by atoms with Gasteiger partial charge in [-0.25, -0.2) is 9.97 Å². The fraction of sp³-hybridized carbons (Fsp3) is 0.0400. The van der Waals surface area contributed by atoms with E-state index in [2.05, 4.69) is 70.6 Å². The summed E-state index contributed by atoms with van der Waals surface area (Å²) >= 11 is 0. The second-order valence-corrected chi connectivity index (χ2v) is 7.25. The highest BCUT2D eigenvalue weighted by molar-refractivity contribution is 5.93. The minimum atomic E-state index is -0.542. The number of nitriles is 2. The molecule has 2 heterocycles. The maximum Gasteiger partial charge on any atom is 0.141 e. The van der Waals surface area contributed by atoms with Crippen LogP contribution in [0.4, 0.5) is 0 Å². The maximum atomic E-state index is 9.40. The lowest BCUT2D eigenvalue weighted by atomic mass is 9.71. The quantitative estimate of drug-likeness (QED) is 0.394. The predicted octanol–water partition coefficient (Wildman–Crippen LogP) is 4.56. The van der Waals surface area contributed by atoms with Crippen LogP contribution in [0.25, 0.3) is 22.5 Å². The van der Waals surface area contributed by atoms with Crippen molar-refractivity contribution in [1.29, 1.82) is 10.5 Å². The highest BCUT2D eigenvalue weighted by atomic mass is 14.8. The Labute approximate surface area is 167 Å². The molecule has 4 heteroatoms. The van der Waals surface area contributed by atoms with Gasteiger partial charge in [0.05, 0.1) is 16.8 Å². The molecule has 4 nitrogen and oxygen atoms in total. The van der Waals surface area contributed by atoms with Crippen molar-refractivity contribution < 1.29 is 0 Å². The maximum absolute atomic E-state index is 9.40.